The van der Waals surface area contributed by atoms with E-state index in [4.69, 9.17) is 0 Å². The second-order valence-electron chi connectivity index (χ2n) is 10.4. The van der Waals surface area contributed by atoms with Crippen molar-refractivity contribution in [2.24, 2.45) is 0 Å². The summed E-state index contributed by atoms with van der Waals surface area (Å²) < 4.78 is 0.816. The lowest BCUT2D eigenvalue weighted by Gasteiger charge is -2.41. The van der Waals surface area contributed by atoms with E-state index in [9.17, 15) is 4.79 Å². The number of nitrogens with zero attached hydrogens (tertiary/aromatic N) is 1. The smallest absolute Gasteiger partial charge is 0.221 e. The molecule has 0 saturated carbocycles. The predicted octanol–water partition coefficient (Wildman–Crippen LogP) is 8.30. The Balaban J connectivity index is 1.92. The molecule has 1 heterocycles. The van der Waals surface area contributed by atoms with Crippen LogP contribution in [0.3, 0.4) is 0 Å². The number of nitrogens with one attached hydrogen (secondary N) is 2. The quantitative estimate of drug-likeness (QED) is 0.0937. The van der Waals surface area contributed by atoms with Crippen LogP contribution in [0, 0.1) is 0 Å². The van der Waals surface area contributed by atoms with E-state index in [-0.39, 0.29) is 12.1 Å². The van der Waals surface area contributed by atoms with Crippen LogP contribution in [0.25, 0.3) is 0 Å². The third-order valence-corrected chi connectivity index (χ3v) is 7.65. The number of carbonyl (C=O) groups excluding carboxylic acids is 1. The van der Waals surface area contributed by atoms with Crippen LogP contribution in [0.4, 0.5) is 0 Å². The molecule has 4 heteroatoms. The van der Waals surface area contributed by atoms with Gasteiger partial charge in [0.1, 0.15) is 6.20 Å². The van der Waals surface area contributed by atoms with Gasteiger partial charge in [-0.1, -0.05) is 103 Å². The molecule has 0 spiro atoms. The summed E-state index contributed by atoms with van der Waals surface area (Å²) in [6, 6.07) is 0. The molecule has 2 N–H and O–H groups in total. The van der Waals surface area contributed by atoms with Crippen LogP contribution < -0.4 is 10.6 Å². The van der Waals surface area contributed by atoms with E-state index in [2.05, 4.69) is 56.0 Å². The van der Waals surface area contributed by atoms with Gasteiger partial charge in [-0.2, -0.15) is 0 Å². The van der Waals surface area contributed by atoms with Crippen molar-refractivity contribution < 1.29 is 9.28 Å². The minimum atomic E-state index is 0.0547. The molecule has 0 fully saturated rings. The predicted molar refractivity (Wildman–Crippen MR) is 148 cm³/mol. The van der Waals surface area contributed by atoms with Crippen molar-refractivity contribution in [3.05, 3.63) is 24.6 Å². The first kappa shape index (κ1) is 30.7. The summed E-state index contributed by atoms with van der Waals surface area (Å²) in [6.45, 7) is 9.16. The maximum absolute atomic E-state index is 11.6. The number of carbonyl (C=O) groups is 1. The van der Waals surface area contributed by atoms with Gasteiger partial charge in [-0.15, -0.1) is 0 Å². The Labute approximate surface area is 212 Å². The lowest BCUT2D eigenvalue weighted by atomic mass is 10.0. The Morgan fingerprint density at radius 2 is 1.35 bits per heavy atom. The molecule has 0 aromatic carbocycles. The number of hydrogen-bond donors (Lipinski definition) is 2. The van der Waals surface area contributed by atoms with E-state index in [1.807, 2.05) is 0 Å². The average Bonchev–Trinajstić information content (AvgIpc) is 3.24. The highest BCUT2D eigenvalue weighted by molar-refractivity contribution is 5.72. The van der Waals surface area contributed by atoms with Crippen LogP contribution in [-0.4, -0.2) is 29.3 Å². The second kappa shape index (κ2) is 20.0. The zero-order chi connectivity index (χ0) is 24.9. The van der Waals surface area contributed by atoms with E-state index in [1.54, 1.807) is 6.92 Å². The Hall–Kier alpha value is -1.29. The molecule has 1 aliphatic heterocycles. The molecule has 0 aromatic rings. The monoisotopic (exact) mass is 476 g/mol. The molecule has 3 atom stereocenters. The minimum Gasteiger partial charge on any atom is -0.338 e. The minimum absolute atomic E-state index is 0.0547. The Morgan fingerprint density at radius 3 is 1.82 bits per heavy atom. The molecule has 0 bridgehead atoms. The number of rotatable bonds is 22. The van der Waals surface area contributed by atoms with Crippen LogP contribution in [-0.2, 0) is 4.79 Å². The Kier molecular flexibility index (Phi) is 18.0. The Morgan fingerprint density at radius 1 is 0.853 bits per heavy atom. The van der Waals surface area contributed by atoms with Gasteiger partial charge in [0.05, 0.1) is 12.7 Å². The fourth-order valence-electron chi connectivity index (χ4n) is 5.45. The molecular formula is C30H58N3O+. The third kappa shape index (κ3) is 13.0. The zero-order valence-electron chi connectivity index (χ0n) is 23.3. The zero-order valence-corrected chi connectivity index (χ0v) is 23.3. The molecule has 1 aliphatic rings. The lowest BCUT2D eigenvalue weighted by Crippen LogP contribution is -2.62. The fourth-order valence-corrected chi connectivity index (χ4v) is 5.45. The average molecular weight is 477 g/mol. The fraction of sp³-hybridized carbons (Fsp3) is 0.833. The summed E-state index contributed by atoms with van der Waals surface area (Å²) in [4.78, 5) is 11.6. The molecule has 0 radical (unpaired) electrons. The van der Waals surface area contributed by atoms with E-state index in [0.29, 0.717) is 6.17 Å². The normalized spacial score (nSPS) is 20.6. The molecule has 4 nitrogen and oxygen atoms in total. The van der Waals surface area contributed by atoms with Gasteiger partial charge < -0.3 is 10.6 Å². The highest BCUT2D eigenvalue weighted by atomic mass is 16.1. The molecule has 34 heavy (non-hydrogen) atoms. The van der Waals surface area contributed by atoms with E-state index in [1.165, 1.54) is 116 Å². The number of allylic oxidation sites excluding steroid dienone is 2. The summed E-state index contributed by atoms with van der Waals surface area (Å²) >= 11 is 0. The SMILES string of the molecule is CC/C=C/CCCCCCCCCCCCCCCCCC1NC=C[N+]1(CC)C(C)NC(C)=O. The molecule has 198 valence electrons. The second-order valence-corrected chi connectivity index (χ2v) is 10.4. The van der Waals surface area contributed by atoms with Crippen molar-refractivity contribution in [1.82, 2.24) is 10.6 Å². The molecule has 0 aliphatic carbocycles. The van der Waals surface area contributed by atoms with Gasteiger partial charge in [-0.05, 0) is 32.6 Å². The van der Waals surface area contributed by atoms with Crippen molar-refractivity contribution in [2.75, 3.05) is 6.54 Å². The summed E-state index contributed by atoms with van der Waals surface area (Å²) in [5.74, 6) is 0.0547. The summed E-state index contributed by atoms with van der Waals surface area (Å²) in [7, 11) is 0. The third-order valence-electron chi connectivity index (χ3n) is 7.65. The van der Waals surface area contributed by atoms with Gasteiger partial charge in [0.15, 0.2) is 12.3 Å². The van der Waals surface area contributed by atoms with Gasteiger partial charge in [0, 0.05) is 20.3 Å². The van der Waals surface area contributed by atoms with Crippen LogP contribution in [0.5, 0.6) is 0 Å². The van der Waals surface area contributed by atoms with E-state index < -0.39 is 0 Å². The van der Waals surface area contributed by atoms with Crippen molar-refractivity contribution >= 4 is 5.91 Å². The summed E-state index contributed by atoms with van der Waals surface area (Å²) in [5, 5.41) is 6.66. The van der Waals surface area contributed by atoms with E-state index >= 15 is 0 Å². The first-order valence-electron chi connectivity index (χ1n) is 14.8. The highest BCUT2D eigenvalue weighted by Crippen LogP contribution is 2.26. The molecule has 3 unspecified atom stereocenters. The number of hydrogen-bond acceptors (Lipinski definition) is 2. The van der Waals surface area contributed by atoms with Crippen molar-refractivity contribution in [3.8, 4) is 0 Å². The van der Waals surface area contributed by atoms with Crippen LogP contribution in [0.15, 0.2) is 24.6 Å². The van der Waals surface area contributed by atoms with Crippen molar-refractivity contribution in [3.63, 3.8) is 0 Å². The number of amides is 1. The first-order chi connectivity index (χ1) is 16.6. The van der Waals surface area contributed by atoms with Gasteiger partial charge in [0.25, 0.3) is 0 Å². The lowest BCUT2D eigenvalue weighted by molar-refractivity contribution is -0.923. The Bertz CT molecular complexity index is 559. The van der Waals surface area contributed by atoms with E-state index in [0.717, 1.165) is 11.0 Å². The largest absolute Gasteiger partial charge is 0.338 e. The van der Waals surface area contributed by atoms with Crippen molar-refractivity contribution in [1.29, 1.82) is 0 Å². The van der Waals surface area contributed by atoms with Crippen LogP contribution in [0.2, 0.25) is 0 Å². The molecule has 0 aromatic heterocycles. The molecule has 1 rings (SSSR count). The topological polar surface area (TPSA) is 41.1 Å². The van der Waals surface area contributed by atoms with Crippen LogP contribution >= 0.6 is 0 Å². The maximum atomic E-state index is 11.6. The molecule has 1 amide bonds. The van der Waals surface area contributed by atoms with Crippen LogP contribution in [0.1, 0.15) is 143 Å². The van der Waals surface area contributed by atoms with Gasteiger partial charge in [-0.25, -0.2) is 0 Å². The first-order valence-corrected chi connectivity index (χ1v) is 14.8. The van der Waals surface area contributed by atoms with Gasteiger partial charge in [-0.3, -0.25) is 9.28 Å². The van der Waals surface area contributed by atoms with Gasteiger partial charge in [0.2, 0.25) is 5.91 Å². The van der Waals surface area contributed by atoms with Gasteiger partial charge >= 0.3 is 0 Å². The summed E-state index contributed by atoms with van der Waals surface area (Å²) in [6.07, 6.45) is 34.1. The number of unbranched alkanes of at least 4 members (excludes halogenated alkanes) is 15. The number of quaternary nitrogens is 1. The summed E-state index contributed by atoms with van der Waals surface area (Å²) in [5.41, 5.74) is 0. The molecular weight excluding hydrogens is 418 g/mol. The maximum Gasteiger partial charge on any atom is 0.221 e. The highest BCUT2D eigenvalue weighted by Gasteiger charge is 2.41. The standard InChI is InChI=1S/C30H57N3O/c1-5-7-8-9-10-11-12-13-14-15-16-17-18-19-20-21-22-23-24-25-30-31-26-27-33(30,6-2)28(3)32-29(4)34/h7-8,26-28,30-31H,5-6,9-25H2,1-4H3/p+1/b8-7+. The van der Waals surface area contributed by atoms with Crippen molar-refractivity contribution in [2.45, 2.75) is 156 Å². The molecule has 0 saturated heterocycles.